The summed E-state index contributed by atoms with van der Waals surface area (Å²) in [6, 6.07) is 3.76. The van der Waals surface area contributed by atoms with Crippen molar-refractivity contribution in [3.05, 3.63) is 35.4 Å². The second-order valence-electron chi connectivity index (χ2n) is 4.35. The van der Waals surface area contributed by atoms with Crippen LogP contribution in [0.15, 0.2) is 18.2 Å². The van der Waals surface area contributed by atoms with Crippen LogP contribution in [0, 0.1) is 11.6 Å². The SMILES string of the molecule is O=C(NCc1cccc(F)c1F)C1(O)CCNC1. The molecule has 2 rings (SSSR count). The Labute approximate surface area is 103 Å². The number of β-amino-alcohol motifs (C(OH)–C–C–N with tert-alkyl or cyclic N) is 1. The monoisotopic (exact) mass is 256 g/mol. The van der Waals surface area contributed by atoms with Crippen LogP contribution in [0.1, 0.15) is 12.0 Å². The number of amides is 1. The Balaban J connectivity index is 1.99. The van der Waals surface area contributed by atoms with Crippen molar-refractivity contribution >= 4 is 5.91 Å². The second-order valence-corrected chi connectivity index (χ2v) is 4.35. The summed E-state index contributed by atoms with van der Waals surface area (Å²) in [7, 11) is 0. The molecule has 1 heterocycles. The van der Waals surface area contributed by atoms with Crippen LogP contribution >= 0.6 is 0 Å². The lowest BCUT2D eigenvalue weighted by atomic mass is 10.0. The minimum atomic E-state index is -1.45. The maximum absolute atomic E-state index is 13.3. The Morgan fingerprint density at radius 3 is 2.94 bits per heavy atom. The second kappa shape index (κ2) is 4.99. The lowest BCUT2D eigenvalue weighted by Crippen LogP contribution is -2.48. The van der Waals surface area contributed by atoms with Crippen LogP contribution in [0.5, 0.6) is 0 Å². The molecule has 1 unspecified atom stereocenters. The summed E-state index contributed by atoms with van der Waals surface area (Å²) in [5.74, 6) is -2.51. The minimum absolute atomic E-state index is 0.0536. The Hall–Kier alpha value is -1.53. The van der Waals surface area contributed by atoms with Crippen LogP contribution in [0.25, 0.3) is 0 Å². The highest BCUT2D eigenvalue weighted by molar-refractivity contribution is 5.85. The average Bonchev–Trinajstić information content (AvgIpc) is 2.79. The zero-order valence-electron chi connectivity index (χ0n) is 9.67. The smallest absolute Gasteiger partial charge is 0.253 e. The Kier molecular flexibility index (Phi) is 3.58. The van der Waals surface area contributed by atoms with Crippen LogP contribution in [0.4, 0.5) is 8.78 Å². The molecule has 98 valence electrons. The van der Waals surface area contributed by atoms with E-state index in [1.54, 1.807) is 0 Å². The van der Waals surface area contributed by atoms with Crippen molar-refractivity contribution in [3.63, 3.8) is 0 Å². The van der Waals surface area contributed by atoms with Gasteiger partial charge in [-0.15, -0.1) is 0 Å². The molecular weight excluding hydrogens is 242 g/mol. The van der Waals surface area contributed by atoms with Crippen molar-refractivity contribution in [1.82, 2.24) is 10.6 Å². The number of nitrogens with one attached hydrogen (secondary N) is 2. The van der Waals surface area contributed by atoms with Gasteiger partial charge in [0, 0.05) is 18.7 Å². The summed E-state index contributed by atoms with van der Waals surface area (Å²) < 4.78 is 26.3. The Bertz CT molecular complexity index is 459. The highest BCUT2D eigenvalue weighted by Crippen LogP contribution is 2.15. The predicted molar refractivity (Wildman–Crippen MR) is 60.6 cm³/mol. The van der Waals surface area contributed by atoms with Gasteiger partial charge in [-0.2, -0.15) is 0 Å². The van der Waals surface area contributed by atoms with E-state index in [0.29, 0.717) is 13.0 Å². The lowest BCUT2D eigenvalue weighted by Gasteiger charge is -2.20. The van der Waals surface area contributed by atoms with Gasteiger partial charge >= 0.3 is 0 Å². The molecule has 0 bridgehead atoms. The summed E-state index contributed by atoms with van der Waals surface area (Å²) in [6.07, 6.45) is 0.310. The first kappa shape index (κ1) is 12.9. The van der Waals surface area contributed by atoms with Gasteiger partial charge in [0.05, 0.1) is 0 Å². The molecule has 1 aliphatic heterocycles. The largest absolute Gasteiger partial charge is 0.379 e. The van der Waals surface area contributed by atoms with Gasteiger partial charge in [-0.25, -0.2) is 8.78 Å². The molecule has 6 heteroatoms. The van der Waals surface area contributed by atoms with Crippen molar-refractivity contribution in [2.45, 2.75) is 18.6 Å². The van der Waals surface area contributed by atoms with E-state index in [-0.39, 0.29) is 18.7 Å². The minimum Gasteiger partial charge on any atom is -0.379 e. The maximum atomic E-state index is 13.3. The summed E-state index contributed by atoms with van der Waals surface area (Å²) >= 11 is 0. The van der Waals surface area contributed by atoms with Gasteiger partial charge in [0.1, 0.15) is 0 Å². The molecule has 1 amide bonds. The molecule has 0 saturated carbocycles. The number of aliphatic hydroxyl groups is 1. The van der Waals surface area contributed by atoms with Crippen LogP contribution in [-0.4, -0.2) is 29.7 Å². The molecule has 0 radical (unpaired) electrons. The zero-order valence-corrected chi connectivity index (χ0v) is 9.67. The first-order chi connectivity index (χ1) is 8.53. The molecule has 0 aliphatic carbocycles. The van der Waals surface area contributed by atoms with Gasteiger partial charge in [0.2, 0.25) is 0 Å². The third-order valence-corrected chi connectivity index (χ3v) is 3.03. The molecule has 1 aromatic rings. The molecule has 1 fully saturated rings. The quantitative estimate of drug-likeness (QED) is 0.729. The van der Waals surface area contributed by atoms with E-state index in [4.69, 9.17) is 0 Å². The molecule has 1 saturated heterocycles. The van der Waals surface area contributed by atoms with Gasteiger partial charge in [-0.3, -0.25) is 4.79 Å². The molecule has 0 aromatic heterocycles. The highest BCUT2D eigenvalue weighted by atomic mass is 19.2. The predicted octanol–water partition coefficient (Wildman–Crippen LogP) is 0.305. The summed E-state index contributed by atoms with van der Waals surface area (Å²) in [5, 5.41) is 15.2. The first-order valence-electron chi connectivity index (χ1n) is 5.67. The zero-order chi connectivity index (χ0) is 13.2. The van der Waals surface area contributed by atoms with Crippen molar-refractivity contribution < 1.29 is 18.7 Å². The molecule has 1 atom stereocenters. The third-order valence-electron chi connectivity index (χ3n) is 3.03. The highest BCUT2D eigenvalue weighted by Gasteiger charge is 2.38. The van der Waals surface area contributed by atoms with Gasteiger partial charge < -0.3 is 15.7 Å². The van der Waals surface area contributed by atoms with Gasteiger partial charge in [0.25, 0.3) is 5.91 Å². The number of hydrogen-bond donors (Lipinski definition) is 3. The van der Waals surface area contributed by atoms with E-state index in [9.17, 15) is 18.7 Å². The topological polar surface area (TPSA) is 61.4 Å². The molecule has 4 nitrogen and oxygen atoms in total. The third kappa shape index (κ3) is 2.49. The molecule has 1 aliphatic rings. The van der Waals surface area contributed by atoms with Crippen LogP contribution in [0.2, 0.25) is 0 Å². The van der Waals surface area contributed by atoms with Crippen LogP contribution in [0.3, 0.4) is 0 Å². The lowest BCUT2D eigenvalue weighted by molar-refractivity contribution is -0.138. The number of benzene rings is 1. The van der Waals surface area contributed by atoms with Crippen molar-refractivity contribution in [1.29, 1.82) is 0 Å². The van der Waals surface area contributed by atoms with Crippen LogP contribution < -0.4 is 10.6 Å². The van der Waals surface area contributed by atoms with E-state index in [2.05, 4.69) is 10.6 Å². The first-order valence-corrected chi connectivity index (χ1v) is 5.67. The van der Waals surface area contributed by atoms with Crippen molar-refractivity contribution in [2.24, 2.45) is 0 Å². The number of hydrogen-bond acceptors (Lipinski definition) is 3. The maximum Gasteiger partial charge on any atom is 0.253 e. The number of carbonyl (C=O) groups is 1. The van der Waals surface area contributed by atoms with Crippen LogP contribution in [-0.2, 0) is 11.3 Å². The fourth-order valence-electron chi connectivity index (χ4n) is 1.90. The van der Waals surface area contributed by atoms with E-state index in [1.807, 2.05) is 0 Å². The van der Waals surface area contributed by atoms with Gasteiger partial charge in [0.15, 0.2) is 17.2 Å². The van der Waals surface area contributed by atoms with E-state index in [1.165, 1.54) is 12.1 Å². The molecule has 3 N–H and O–H groups in total. The summed E-state index contributed by atoms with van der Waals surface area (Å²) in [6.45, 7) is 0.577. The molecule has 0 spiro atoms. The summed E-state index contributed by atoms with van der Waals surface area (Å²) in [5.41, 5.74) is -1.40. The molecule has 1 aromatic carbocycles. The van der Waals surface area contributed by atoms with Gasteiger partial charge in [-0.1, -0.05) is 12.1 Å². The molecular formula is C12H14F2N2O2. The Morgan fingerprint density at radius 2 is 2.28 bits per heavy atom. The Morgan fingerprint density at radius 1 is 1.50 bits per heavy atom. The van der Waals surface area contributed by atoms with Crippen molar-refractivity contribution in [3.8, 4) is 0 Å². The van der Waals surface area contributed by atoms with E-state index < -0.39 is 23.1 Å². The van der Waals surface area contributed by atoms with E-state index in [0.717, 1.165) is 6.07 Å². The number of halogens is 2. The van der Waals surface area contributed by atoms with Gasteiger partial charge in [-0.05, 0) is 19.0 Å². The summed E-state index contributed by atoms with van der Waals surface area (Å²) in [4.78, 5) is 11.7. The van der Waals surface area contributed by atoms with E-state index >= 15 is 0 Å². The normalized spacial score (nSPS) is 23.1. The fourth-order valence-corrected chi connectivity index (χ4v) is 1.90. The van der Waals surface area contributed by atoms with Crippen molar-refractivity contribution in [2.75, 3.05) is 13.1 Å². The standard InChI is InChI=1S/C12H14F2N2O2/c13-9-3-1-2-8(10(9)14)6-16-11(17)12(18)4-5-15-7-12/h1-3,15,18H,4-7H2,(H,16,17). The fraction of sp³-hybridized carbons (Fsp3) is 0.417. The average molecular weight is 256 g/mol. The molecule has 18 heavy (non-hydrogen) atoms. The number of carbonyl (C=O) groups excluding carboxylic acids is 1. The number of rotatable bonds is 3.